The van der Waals surface area contributed by atoms with E-state index in [2.05, 4.69) is 6.08 Å². The SMILES string of the molecule is CC(C)=CCc1ccc([C@@H]2C/C(=C/c3ccc(O)cc3)OC2=O)cc1O. The van der Waals surface area contributed by atoms with Crippen molar-refractivity contribution in [3.63, 3.8) is 0 Å². The van der Waals surface area contributed by atoms with Gasteiger partial charge in [0, 0.05) is 6.42 Å². The van der Waals surface area contributed by atoms with Gasteiger partial charge in [-0.15, -0.1) is 0 Å². The topological polar surface area (TPSA) is 66.8 Å². The first-order valence-corrected chi connectivity index (χ1v) is 8.59. The van der Waals surface area contributed by atoms with Gasteiger partial charge >= 0.3 is 5.97 Å². The van der Waals surface area contributed by atoms with Gasteiger partial charge in [0.15, 0.2) is 0 Å². The standard InChI is InChI=1S/C22H22O4/c1-14(2)3-6-16-7-8-17(12-21(16)24)20-13-19(26-22(20)25)11-15-4-9-18(23)10-5-15/h3-5,7-12,20,23-24H,6,13H2,1-2H3/b19-11-/t20-/m0/s1. The average molecular weight is 350 g/mol. The van der Waals surface area contributed by atoms with Crippen LogP contribution < -0.4 is 0 Å². The smallest absolute Gasteiger partial charge is 0.318 e. The molecule has 1 heterocycles. The Labute approximate surface area is 153 Å². The van der Waals surface area contributed by atoms with Gasteiger partial charge in [0.05, 0.1) is 5.92 Å². The first kappa shape index (κ1) is 17.8. The number of ether oxygens (including phenoxy) is 1. The molecule has 1 aliphatic heterocycles. The molecule has 0 unspecified atom stereocenters. The molecule has 2 aromatic rings. The molecule has 0 saturated carbocycles. The van der Waals surface area contributed by atoms with Gasteiger partial charge in [0.2, 0.25) is 0 Å². The second-order valence-electron chi connectivity index (χ2n) is 6.75. The van der Waals surface area contributed by atoms with Crippen molar-refractivity contribution in [2.75, 3.05) is 0 Å². The first-order chi connectivity index (χ1) is 12.4. The Bertz CT molecular complexity index is 872. The predicted molar refractivity (Wildman–Crippen MR) is 101 cm³/mol. The van der Waals surface area contributed by atoms with Crippen LogP contribution in [0.4, 0.5) is 0 Å². The summed E-state index contributed by atoms with van der Waals surface area (Å²) >= 11 is 0. The van der Waals surface area contributed by atoms with Gasteiger partial charge in [0.25, 0.3) is 0 Å². The fraction of sp³-hybridized carbons (Fsp3) is 0.227. The number of phenolic OH excluding ortho intramolecular Hbond substituents is 2. The summed E-state index contributed by atoms with van der Waals surface area (Å²) < 4.78 is 5.38. The highest BCUT2D eigenvalue weighted by Crippen LogP contribution is 2.36. The Morgan fingerprint density at radius 2 is 1.88 bits per heavy atom. The van der Waals surface area contributed by atoms with Gasteiger partial charge in [-0.2, -0.15) is 0 Å². The number of carbonyl (C=O) groups excluding carboxylic acids is 1. The fourth-order valence-corrected chi connectivity index (χ4v) is 2.91. The number of hydrogen-bond donors (Lipinski definition) is 2. The number of phenols is 2. The minimum absolute atomic E-state index is 0.192. The Hall–Kier alpha value is -3.01. The number of aromatic hydroxyl groups is 2. The summed E-state index contributed by atoms with van der Waals surface area (Å²) in [5, 5.41) is 19.6. The van der Waals surface area contributed by atoms with Crippen LogP contribution in [0.25, 0.3) is 6.08 Å². The van der Waals surface area contributed by atoms with E-state index in [1.54, 1.807) is 36.4 Å². The molecule has 26 heavy (non-hydrogen) atoms. The molecule has 1 saturated heterocycles. The highest BCUT2D eigenvalue weighted by Gasteiger charge is 2.32. The average Bonchev–Trinajstić information content (AvgIpc) is 2.96. The number of esters is 1. The third-order valence-corrected chi connectivity index (χ3v) is 4.38. The predicted octanol–water partition coefficient (Wildman–Crippen LogP) is 4.68. The van der Waals surface area contributed by atoms with Crippen LogP contribution in [0.3, 0.4) is 0 Å². The normalized spacial score (nSPS) is 18.0. The van der Waals surface area contributed by atoms with E-state index >= 15 is 0 Å². The maximum Gasteiger partial charge on any atom is 0.318 e. The summed E-state index contributed by atoms with van der Waals surface area (Å²) in [6.07, 6.45) is 4.96. The van der Waals surface area contributed by atoms with Gasteiger partial charge in [-0.25, -0.2) is 0 Å². The van der Waals surface area contributed by atoms with Gasteiger partial charge in [-0.05, 0) is 61.2 Å². The van der Waals surface area contributed by atoms with Crippen molar-refractivity contribution in [1.82, 2.24) is 0 Å². The zero-order valence-corrected chi connectivity index (χ0v) is 14.9. The number of carbonyl (C=O) groups is 1. The molecule has 1 fully saturated rings. The lowest BCUT2D eigenvalue weighted by atomic mass is 9.94. The van der Waals surface area contributed by atoms with Crippen molar-refractivity contribution in [2.24, 2.45) is 0 Å². The van der Waals surface area contributed by atoms with Crippen LogP contribution >= 0.6 is 0 Å². The second-order valence-corrected chi connectivity index (χ2v) is 6.75. The van der Waals surface area contributed by atoms with Gasteiger partial charge in [-0.1, -0.05) is 35.9 Å². The van der Waals surface area contributed by atoms with Gasteiger partial charge < -0.3 is 14.9 Å². The molecule has 0 radical (unpaired) electrons. The molecule has 0 amide bonds. The summed E-state index contributed by atoms with van der Waals surface area (Å²) in [4.78, 5) is 12.2. The lowest BCUT2D eigenvalue weighted by Crippen LogP contribution is -2.05. The number of cyclic esters (lactones) is 1. The number of allylic oxidation sites excluding steroid dienone is 3. The lowest BCUT2D eigenvalue weighted by Gasteiger charge is -2.09. The number of rotatable bonds is 4. The van der Waals surface area contributed by atoms with E-state index in [1.165, 1.54) is 5.57 Å². The van der Waals surface area contributed by atoms with Crippen molar-refractivity contribution in [2.45, 2.75) is 32.6 Å². The third-order valence-electron chi connectivity index (χ3n) is 4.38. The summed E-state index contributed by atoms with van der Waals surface area (Å²) in [7, 11) is 0. The van der Waals surface area contributed by atoms with E-state index < -0.39 is 5.92 Å². The minimum Gasteiger partial charge on any atom is -0.508 e. The molecular formula is C22H22O4. The second kappa shape index (κ2) is 7.48. The van der Waals surface area contributed by atoms with Crippen LogP contribution in [-0.2, 0) is 16.0 Å². The fourth-order valence-electron chi connectivity index (χ4n) is 2.91. The molecule has 0 aliphatic carbocycles. The third kappa shape index (κ3) is 4.14. The molecule has 1 atom stereocenters. The molecule has 1 aliphatic rings. The van der Waals surface area contributed by atoms with E-state index in [0.29, 0.717) is 18.6 Å². The van der Waals surface area contributed by atoms with Crippen molar-refractivity contribution >= 4 is 12.0 Å². The van der Waals surface area contributed by atoms with E-state index in [0.717, 1.165) is 16.7 Å². The zero-order chi connectivity index (χ0) is 18.7. The van der Waals surface area contributed by atoms with Crippen LogP contribution in [0.15, 0.2) is 59.9 Å². The van der Waals surface area contributed by atoms with Crippen LogP contribution in [0, 0.1) is 0 Å². The van der Waals surface area contributed by atoms with Gasteiger partial charge in [-0.3, -0.25) is 4.79 Å². The van der Waals surface area contributed by atoms with Crippen LogP contribution in [0.5, 0.6) is 11.5 Å². The highest BCUT2D eigenvalue weighted by molar-refractivity contribution is 5.83. The molecule has 4 nitrogen and oxygen atoms in total. The molecule has 2 aromatic carbocycles. The quantitative estimate of drug-likeness (QED) is 0.621. The van der Waals surface area contributed by atoms with E-state index in [4.69, 9.17) is 4.74 Å². The van der Waals surface area contributed by atoms with E-state index in [1.807, 2.05) is 26.0 Å². The lowest BCUT2D eigenvalue weighted by molar-refractivity contribution is -0.136. The Morgan fingerprint density at radius 3 is 2.54 bits per heavy atom. The molecule has 3 rings (SSSR count). The van der Waals surface area contributed by atoms with Crippen molar-refractivity contribution in [1.29, 1.82) is 0 Å². The monoisotopic (exact) mass is 350 g/mol. The maximum atomic E-state index is 12.2. The molecular weight excluding hydrogens is 328 g/mol. The van der Waals surface area contributed by atoms with Crippen LogP contribution in [-0.4, -0.2) is 16.2 Å². The molecule has 134 valence electrons. The minimum atomic E-state index is -0.415. The van der Waals surface area contributed by atoms with Crippen LogP contribution in [0.2, 0.25) is 0 Å². The summed E-state index contributed by atoms with van der Waals surface area (Å²) in [6.45, 7) is 4.03. The molecule has 2 N–H and O–H groups in total. The van der Waals surface area contributed by atoms with Crippen molar-refractivity contribution in [3.8, 4) is 11.5 Å². The highest BCUT2D eigenvalue weighted by atomic mass is 16.5. The molecule has 0 bridgehead atoms. The Balaban J connectivity index is 1.77. The van der Waals surface area contributed by atoms with Crippen LogP contribution in [0.1, 0.15) is 42.9 Å². The molecule has 4 heteroatoms. The summed E-state index contributed by atoms with van der Waals surface area (Å²) in [6, 6.07) is 12.1. The Kier molecular flexibility index (Phi) is 5.12. The summed E-state index contributed by atoms with van der Waals surface area (Å²) in [5.74, 6) is 0.243. The maximum absolute atomic E-state index is 12.2. The largest absolute Gasteiger partial charge is 0.508 e. The first-order valence-electron chi connectivity index (χ1n) is 8.59. The van der Waals surface area contributed by atoms with Crippen molar-refractivity contribution in [3.05, 3.63) is 76.6 Å². The van der Waals surface area contributed by atoms with E-state index in [9.17, 15) is 15.0 Å². The number of benzene rings is 2. The zero-order valence-electron chi connectivity index (χ0n) is 14.9. The number of hydrogen-bond acceptors (Lipinski definition) is 4. The van der Waals surface area contributed by atoms with Crippen molar-refractivity contribution < 1.29 is 19.7 Å². The van der Waals surface area contributed by atoms with E-state index in [-0.39, 0.29) is 17.5 Å². The molecule has 0 aromatic heterocycles. The molecule has 0 spiro atoms. The Morgan fingerprint density at radius 1 is 1.15 bits per heavy atom. The summed E-state index contributed by atoms with van der Waals surface area (Å²) in [5.41, 5.74) is 3.63. The van der Waals surface area contributed by atoms with Gasteiger partial charge in [0.1, 0.15) is 17.3 Å².